The molecular formula is C19H28N4O5. The summed E-state index contributed by atoms with van der Waals surface area (Å²) in [5.41, 5.74) is -0.611. The maximum atomic E-state index is 13.3. The maximum absolute atomic E-state index is 13.3. The molecule has 2 aliphatic rings. The summed E-state index contributed by atoms with van der Waals surface area (Å²) in [4.78, 5) is 47.5. The van der Waals surface area contributed by atoms with Gasteiger partial charge in [-0.1, -0.05) is 13.8 Å². The fourth-order valence-electron chi connectivity index (χ4n) is 4.01. The summed E-state index contributed by atoms with van der Waals surface area (Å²) in [6.45, 7) is 6.21. The van der Waals surface area contributed by atoms with Gasteiger partial charge in [0, 0.05) is 39.9 Å². The van der Waals surface area contributed by atoms with E-state index in [0.717, 1.165) is 0 Å². The lowest BCUT2D eigenvalue weighted by molar-refractivity contribution is -0.135. The van der Waals surface area contributed by atoms with Gasteiger partial charge in [0.1, 0.15) is 11.8 Å². The van der Waals surface area contributed by atoms with Gasteiger partial charge in [0.15, 0.2) is 12.1 Å². The third-order valence-corrected chi connectivity index (χ3v) is 5.43. The summed E-state index contributed by atoms with van der Waals surface area (Å²) >= 11 is 0. The standard InChI is InChI=1S/C19H28N4O5/c1-14(2)11-23-18(26)22(7-4-10-27-3)17(25)19(23)5-8-21(9-6-19)16(24)15-12-28-13-20-15/h12-14H,4-11H2,1-3H3. The average molecular weight is 392 g/mol. The van der Waals surface area contributed by atoms with Crippen LogP contribution in [0.1, 0.15) is 43.6 Å². The van der Waals surface area contributed by atoms with Crippen molar-refractivity contribution < 1.29 is 23.5 Å². The van der Waals surface area contributed by atoms with E-state index in [1.54, 1.807) is 16.9 Å². The molecule has 2 fully saturated rings. The van der Waals surface area contributed by atoms with Gasteiger partial charge in [-0.2, -0.15) is 0 Å². The van der Waals surface area contributed by atoms with Crippen molar-refractivity contribution in [1.29, 1.82) is 0 Å². The van der Waals surface area contributed by atoms with Crippen LogP contribution in [0.15, 0.2) is 17.1 Å². The number of nitrogens with zero attached hydrogens (tertiary/aromatic N) is 4. The van der Waals surface area contributed by atoms with Crippen molar-refractivity contribution in [2.75, 3.05) is 39.9 Å². The van der Waals surface area contributed by atoms with Gasteiger partial charge in [-0.3, -0.25) is 14.5 Å². The van der Waals surface area contributed by atoms with Crippen molar-refractivity contribution in [3.8, 4) is 0 Å². The van der Waals surface area contributed by atoms with E-state index in [2.05, 4.69) is 4.98 Å². The van der Waals surface area contributed by atoms with Crippen LogP contribution in [0.2, 0.25) is 0 Å². The van der Waals surface area contributed by atoms with Crippen LogP contribution in [0.3, 0.4) is 0 Å². The summed E-state index contributed by atoms with van der Waals surface area (Å²) in [6.07, 6.45) is 4.00. The third kappa shape index (κ3) is 3.63. The lowest BCUT2D eigenvalue weighted by Crippen LogP contribution is -2.58. The van der Waals surface area contributed by atoms with Gasteiger partial charge in [-0.05, 0) is 25.2 Å². The Morgan fingerprint density at radius 2 is 2.04 bits per heavy atom. The topological polar surface area (TPSA) is 96.2 Å². The second kappa shape index (κ2) is 8.30. The highest BCUT2D eigenvalue weighted by Gasteiger charge is 2.58. The molecular weight excluding hydrogens is 364 g/mol. The molecule has 9 nitrogen and oxygen atoms in total. The number of carbonyl (C=O) groups is 3. The predicted molar refractivity (Wildman–Crippen MR) is 99.5 cm³/mol. The Labute approximate surface area is 164 Å². The van der Waals surface area contributed by atoms with Crippen LogP contribution in [-0.4, -0.2) is 83.0 Å². The summed E-state index contributed by atoms with van der Waals surface area (Å²) in [6, 6.07) is -0.230. The molecule has 2 saturated heterocycles. The van der Waals surface area contributed by atoms with Crippen LogP contribution in [0.4, 0.5) is 4.79 Å². The smallest absolute Gasteiger partial charge is 0.327 e. The molecule has 1 aromatic heterocycles. The maximum Gasteiger partial charge on any atom is 0.327 e. The Morgan fingerprint density at radius 1 is 1.32 bits per heavy atom. The Hall–Kier alpha value is -2.42. The van der Waals surface area contributed by atoms with Gasteiger partial charge >= 0.3 is 6.03 Å². The normalized spacial score (nSPS) is 19.4. The molecule has 0 bridgehead atoms. The highest BCUT2D eigenvalue weighted by Crippen LogP contribution is 2.38. The number of urea groups is 1. The predicted octanol–water partition coefficient (Wildman–Crippen LogP) is 1.61. The van der Waals surface area contributed by atoms with Gasteiger partial charge in [0.2, 0.25) is 0 Å². The molecule has 1 aromatic rings. The van der Waals surface area contributed by atoms with E-state index in [4.69, 9.17) is 9.15 Å². The van der Waals surface area contributed by atoms with Gasteiger partial charge in [0.25, 0.3) is 11.8 Å². The van der Waals surface area contributed by atoms with Crippen molar-refractivity contribution >= 4 is 17.8 Å². The number of hydrogen-bond acceptors (Lipinski definition) is 6. The second-order valence-corrected chi connectivity index (χ2v) is 7.79. The lowest BCUT2D eigenvalue weighted by atomic mass is 9.85. The van der Waals surface area contributed by atoms with E-state index in [1.165, 1.54) is 17.6 Å². The van der Waals surface area contributed by atoms with Crippen molar-refractivity contribution in [3.05, 3.63) is 18.4 Å². The molecule has 0 saturated carbocycles. The first kappa shape index (κ1) is 20.3. The summed E-state index contributed by atoms with van der Waals surface area (Å²) < 4.78 is 9.95. The molecule has 0 aromatic carbocycles. The molecule has 2 aliphatic heterocycles. The Kier molecular flexibility index (Phi) is 6.02. The van der Waals surface area contributed by atoms with E-state index < -0.39 is 5.54 Å². The minimum absolute atomic E-state index is 0.150. The fraction of sp³-hybridized carbons (Fsp3) is 0.684. The number of carbonyl (C=O) groups excluding carboxylic acids is 3. The SMILES string of the molecule is COCCCN1C(=O)N(CC(C)C)C2(CCN(C(=O)c3cocn3)CC2)C1=O. The van der Waals surface area contributed by atoms with Crippen LogP contribution in [0, 0.1) is 5.92 Å². The number of imide groups is 1. The fourth-order valence-corrected chi connectivity index (χ4v) is 4.01. The monoisotopic (exact) mass is 392 g/mol. The van der Waals surface area contributed by atoms with Crippen LogP contribution in [0.25, 0.3) is 0 Å². The molecule has 3 rings (SSSR count). The number of aromatic nitrogens is 1. The molecule has 0 N–H and O–H groups in total. The van der Waals surface area contributed by atoms with Gasteiger partial charge in [0.05, 0.1) is 0 Å². The first-order valence-electron chi connectivity index (χ1n) is 9.70. The summed E-state index contributed by atoms with van der Waals surface area (Å²) in [5.74, 6) is -0.127. The first-order valence-corrected chi connectivity index (χ1v) is 9.70. The highest BCUT2D eigenvalue weighted by atomic mass is 16.5. The molecule has 9 heteroatoms. The molecule has 4 amide bonds. The quantitative estimate of drug-likeness (QED) is 0.517. The molecule has 3 heterocycles. The zero-order valence-corrected chi connectivity index (χ0v) is 16.7. The summed E-state index contributed by atoms with van der Waals surface area (Å²) in [7, 11) is 1.60. The van der Waals surface area contributed by atoms with E-state index >= 15 is 0 Å². The number of ether oxygens (including phenoxy) is 1. The van der Waals surface area contributed by atoms with Crippen LogP contribution < -0.4 is 0 Å². The molecule has 1 spiro atoms. The number of amides is 4. The van der Waals surface area contributed by atoms with Crippen molar-refractivity contribution in [1.82, 2.24) is 19.7 Å². The zero-order chi connectivity index (χ0) is 20.3. The van der Waals surface area contributed by atoms with E-state index in [9.17, 15) is 14.4 Å². The number of likely N-dealkylation sites (tertiary alicyclic amines) is 1. The van der Waals surface area contributed by atoms with Crippen LogP contribution >= 0.6 is 0 Å². The zero-order valence-electron chi connectivity index (χ0n) is 16.7. The van der Waals surface area contributed by atoms with Crippen molar-refractivity contribution in [2.24, 2.45) is 5.92 Å². The number of rotatable bonds is 7. The van der Waals surface area contributed by atoms with E-state index in [0.29, 0.717) is 52.0 Å². The molecule has 28 heavy (non-hydrogen) atoms. The minimum atomic E-state index is -0.866. The van der Waals surface area contributed by atoms with Gasteiger partial charge in [-0.25, -0.2) is 9.78 Å². The molecule has 0 radical (unpaired) electrons. The van der Waals surface area contributed by atoms with Gasteiger partial charge in [-0.15, -0.1) is 0 Å². The number of hydrogen-bond donors (Lipinski definition) is 0. The Morgan fingerprint density at radius 3 is 2.61 bits per heavy atom. The first-order chi connectivity index (χ1) is 13.4. The van der Waals surface area contributed by atoms with Gasteiger partial charge < -0.3 is 19.0 Å². The molecule has 0 aliphatic carbocycles. The largest absolute Gasteiger partial charge is 0.451 e. The lowest BCUT2D eigenvalue weighted by Gasteiger charge is -2.42. The van der Waals surface area contributed by atoms with Crippen LogP contribution in [-0.2, 0) is 9.53 Å². The minimum Gasteiger partial charge on any atom is -0.451 e. The summed E-state index contributed by atoms with van der Waals surface area (Å²) in [5, 5.41) is 0. The second-order valence-electron chi connectivity index (χ2n) is 7.79. The number of piperidine rings is 1. The Balaban J connectivity index is 1.76. The molecule has 154 valence electrons. The molecule has 0 atom stereocenters. The highest BCUT2D eigenvalue weighted by molar-refractivity contribution is 6.07. The number of oxazole rings is 1. The van der Waals surface area contributed by atoms with Crippen LogP contribution in [0.5, 0.6) is 0 Å². The number of methoxy groups -OCH3 is 1. The molecule has 0 unspecified atom stereocenters. The Bertz CT molecular complexity index is 710. The van der Waals surface area contributed by atoms with E-state index in [-0.39, 0.29) is 29.5 Å². The average Bonchev–Trinajstić information content (AvgIpc) is 3.27. The third-order valence-electron chi connectivity index (χ3n) is 5.43. The van der Waals surface area contributed by atoms with Crippen molar-refractivity contribution in [2.45, 2.75) is 38.6 Å². The van der Waals surface area contributed by atoms with Crippen molar-refractivity contribution in [3.63, 3.8) is 0 Å². The van der Waals surface area contributed by atoms with E-state index in [1.807, 2.05) is 13.8 Å².